The predicted octanol–water partition coefficient (Wildman–Crippen LogP) is 3.62. The summed E-state index contributed by atoms with van der Waals surface area (Å²) in [7, 11) is 1.40. The van der Waals surface area contributed by atoms with Gasteiger partial charge in [-0.3, -0.25) is 0 Å². The normalized spacial score (nSPS) is 10.1. The van der Waals surface area contributed by atoms with Gasteiger partial charge in [0.2, 0.25) is 0 Å². The summed E-state index contributed by atoms with van der Waals surface area (Å²) in [5, 5.41) is 9.94. The van der Waals surface area contributed by atoms with Crippen molar-refractivity contribution in [3.8, 4) is 11.8 Å². The van der Waals surface area contributed by atoms with Crippen molar-refractivity contribution >= 4 is 26.7 Å². The predicted molar refractivity (Wildman–Crippen MR) is 62.9 cm³/mol. The molecule has 0 heterocycles. The molecule has 0 aromatic heterocycles. The Labute approximate surface area is 100 Å². The zero-order valence-corrected chi connectivity index (χ0v) is 10.0. The van der Waals surface area contributed by atoms with E-state index in [-0.39, 0.29) is 5.75 Å². The van der Waals surface area contributed by atoms with Crippen LogP contribution < -0.4 is 4.74 Å². The second-order valence-corrected chi connectivity index (χ2v) is 4.16. The van der Waals surface area contributed by atoms with E-state index in [0.29, 0.717) is 16.3 Å². The van der Waals surface area contributed by atoms with Crippen LogP contribution in [0.5, 0.6) is 5.75 Å². The Kier molecular flexibility index (Phi) is 2.80. The first kappa shape index (κ1) is 10.9. The minimum Gasteiger partial charge on any atom is -0.494 e. The Morgan fingerprint density at radius 1 is 1.38 bits per heavy atom. The number of fused-ring (bicyclic) bond motifs is 1. The maximum atomic E-state index is 14.0. The highest BCUT2D eigenvalue weighted by molar-refractivity contribution is 9.10. The Morgan fingerprint density at radius 2 is 2.12 bits per heavy atom. The van der Waals surface area contributed by atoms with Crippen molar-refractivity contribution in [2.75, 3.05) is 7.11 Å². The molecule has 0 aliphatic rings. The summed E-state index contributed by atoms with van der Waals surface area (Å²) in [6.07, 6.45) is 0. The van der Waals surface area contributed by atoms with Gasteiger partial charge in [-0.15, -0.1) is 0 Å². The van der Waals surface area contributed by atoms with Crippen molar-refractivity contribution in [1.29, 1.82) is 5.26 Å². The number of nitrogens with zero attached hydrogens (tertiary/aromatic N) is 1. The third-order valence-electron chi connectivity index (χ3n) is 2.32. The molecule has 16 heavy (non-hydrogen) atoms. The Hall–Kier alpha value is -1.60. The van der Waals surface area contributed by atoms with E-state index in [1.165, 1.54) is 7.11 Å². The highest BCUT2D eigenvalue weighted by atomic mass is 79.9. The number of nitriles is 1. The number of hydrogen-bond donors (Lipinski definition) is 0. The first-order chi connectivity index (χ1) is 7.67. The van der Waals surface area contributed by atoms with Crippen LogP contribution in [0.15, 0.2) is 28.7 Å². The molecule has 2 aromatic rings. The van der Waals surface area contributed by atoms with Gasteiger partial charge in [-0.25, -0.2) is 4.39 Å². The molecule has 2 nitrogen and oxygen atoms in total. The molecule has 0 fully saturated rings. The molecule has 0 bridgehead atoms. The van der Waals surface area contributed by atoms with Gasteiger partial charge in [0.15, 0.2) is 11.6 Å². The number of methoxy groups -OCH3 is 1. The molecule has 80 valence electrons. The minimum absolute atomic E-state index is 0.145. The fraction of sp³-hybridized carbons (Fsp3) is 0.0833. The highest BCUT2D eigenvalue weighted by Crippen LogP contribution is 2.31. The summed E-state index contributed by atoms with van der Waals surface area (Å²) in [5.41, 5.74) is 0.292. The molecule has 0 radical (unpaired) electrons. The van der Waals surface area contributed by atoms with Crippen molar-refractivity contribution in [2.45, 2.75) is 0 Å². The molecular weight excluding hydrogens is 273 g/mol. The SMILES string of the molecule is COc1ccc2cc(Br)cc(C#N)c2c1F. The Balaban J connectivity index is 2.92. The van der Waals surface area contributed by atoms with Crippen molar-refractivity contribution in [3.05, 3.63) is 40.1 Å². The summed E-state index contributed by atoms with van der Waals surface area (Å²) >= 11 is 3.28. The monoisotopic (exact) mass is 279 g/mol. The summed E-state index contributed by atoms with van der Waals surface area (Å²) in [4.78, 5) is 0. The standard InChI is InChI=1S/C12H7BrFNO/c1-16-10-3-2-7-4-9(13)5-8(6-15)11(7)12(10)14/h2-5H,1H3. The van der Waals surface area contributed by atoms with Crippen molar-refractivity contribution in [2.24, 2.45) is 0 Å². The molecule has 0 aliphatic carbocycles. The molecule has 0 unspecified atom stereocenters. The van der Waals surface area contributed by atoms with E-state index in [1.807, 2.05) is 6.07 Å². The first-order valence-electron chi connectivity index (χ1n) is 4.53. The lowest BCUT2D eigenvalue weighted by Gasteiger charge is -2.07. The maximum Gasteiger partial charge on any atom is 0.174 e. The summed E-state index contributed by atoms with van der Waals surface area (Å²) in [6, 6.07) is 8.60. The fourth-order valence-corrected chi connectivity index (χ4v) is 2.09. The minimum atomic E-state index is -0.496. The molecule has 2 rings (SSSR count). The number of halogens is 2. The van der Waals surface area contributed by atoms with E-state index in [9.17, 15) is 4.39 Å². The van der Waals surface area contributed by atoms with Crippen molar-refractivity contribution < 1.29 is 9.13 Å². The maximum absolute atomic E-state index is 14.0. The number of ether oxygens (including phenoxy) is 1. The van der Waals surface area contributed by atoms with Gasteiger partial charge in [-0.1, -0.05) is 22.0 Å². The summed E-state index contributed by atoms with van der Waals surface area (Å²) in [5.74, 6) is -0.352. The van der Waals surface area contributed by atoms with E-state index in [2.05, 4.69) is 15.9 Å². The summed E-state index contributed by atoms with van der Waals surface area (Å²) < 4.78 is 19.6. The molecule has 0 amide bonds. The van der Waals surface area contributed by atoms with E-state index < -0.39 is 5.82 Å². The third-order valence-corrected chi connectivity index (χ3v) is 2.78. The van der Waals surface area contributed by atoms with Gasteiger partial charge in [0.1, 0.15) is 0 Å². The molecule has 0 saturated carbocycles. The van der Waals surface area contributed by atoms with Gasteiger partial charge in [0, 0.05) is 9.86 Å². The highest BCUT2D eigenvalue weighted by Gasteiger charge is 2.12. The van der Waals surface area contributed by atoms with Crippen molar-refractivity contribution in [1.82, 2.24) is 0 Å². The van der Waals surface area contributed by atoms with Gasteiger partial charge in [0.05, 0.1) is 18.7 Å². The Morgan fingerprint density at radius 3 is 2.75 bits per heavy atom. The van der Waals surface area contributed by atoms with Crippen LogP contribution in [0.3, 0.4) is 0 Å². The van der Waals surface area contributed by atoms with Crippen LogP contribution in [0.4, 0.5) is 4.39 Å². The van der Waals surface area contributed by atoms with Gasteiger partial charge in [0.25, 0.3) is 0 Å². The van der Waals surface area contributed by atoms with Crippen LogP contribution in [0.25, 0.3) is 10.8 Å². The number of rotatable bonds is 1. The topological polar surface area (TPSA) is 33.0 Å². The van der Waals surface area contributed by atoms with E-state index >= 15 is 0 Å². The molecule has 0 saturated heterocycles. The molecule has 0 aliphatic heterocycles. The largest absolute Gasteiger partial charge is 0.494 e. The van der Waals surface area contributed by atoms with Crippen LogP contribution in [-0.4, -0.2) is 7.11 Å². The average molecular weight is 280 g/mol. The quantitative estimate of drug-likeness (QED) is 0.799. The van der Waals surface area contributed by atoms with Crippen LogP contribution in [0.1, 0.15) is 5.56 Å². The number of benzene rings is 2. The second-order valence-electron chi connectivity index (χ2n) is 3.25. The lowest BCUT2D eigenvalue weighted by molar-refractivity contribution is 0.389. The average Bonchev–Trinajstić information content (AvgIpc) is 2.28. The summed E-state index contributed by atoms with van der Waals surface area (Å²) in [6.45, 7) is 0. The smallest absolute Gasteiger partial charge is 0.174 e. The van der Waals surface area contributed by atoms with Gasteiger partial charge in [-0.2, -0.15) is 5.26 Å². The zero-order chi connectivity index (χ0) is 11.7. The molecule has 4 heteroatoms. The molecule has 2 aromatic carbocycles. The Bertz CT molecular complexity index is 604. The molecule has 0 N–H and O–H groups in total. The van der Waals surface area contributed by atoms with Crippen LogP contribution in [0, 0.1) is 17.1 Å². The van der Waals surface area contributed by atoms with E-state index in [0.717, 1.165) is 4.47 Å². The van der Waals surface area contributed by atoms with Gasteiger partial charge >= 0.3 is 0 Å². The lowest BCUT2D eigenvalue weighted by atomic mass is 10.0. The molecular formula is C12H7BrFNO. The van der Waals surface area contributed by atoms with Gasteiger partial charge < -0.3 is 4.74 Å². The third kappa shape index (κ3) is 1.63. The van der Waals surface area contributed by atoms with Crippen LogP contribution >= 0.6 is 15.9 Å². The molecule has 0 atom stereocenters. The van der Waals surface area contributed by atoms with Crippen LogP contribution in [-0.2, 0) is 0 Å². The number of hydrogen-bond acceptors (Lipinski definition) is 2. The first-order valence-corrected chi connectivity index (χ1v) is 5.32. The molecule has 0 spiro atoms. The lowest BCUT2D eigenvalue weighted by Crippen LogP contribution is -1.91. The van der Waals surface area contributed by atoms with Crippen molar-refractivity contribution in [3.63, 3.8) is 0 Å². The van der Waals surface area contributed by atoms with Crippen LogP contribution in [0.2, 0.25) is 0 Å². The fourth-order valence-electron chi connectivity index (χ4n) is 1.61. The second kappa shape index (κ2) is 4.11. The van der Waals surface area contributed by atoms with E-state index in [1.54, 1.807) is 24.3 Å². The van der Waals surface area contributed by atoms with Gasteiger partial charge in [-0.05, 0) is 23.6 Å². The zero-order valence-electron chi connectivity index (χ0n) is 8.42. The van der Waals surface area contributed by atoms with E-state index in [4.69, 9.17) is 10.00 Å².